The smallest absolute Gasteiger partial charge is 0.160 e. The third kappa shape index (κ3) is 4.80. The summed E-state index contributed by atoms with van der Waals surface area (Å²) in [4.78, 5) is 10.1. The lowest BCUT2D eigenvalue weighted by Gasteiger charge is -2.12. The highest BCUT2D eigenvalue weighted by molar-refractivity contribution is 7.25. The van der Waals surface area contributed by atoms with Crippen molar-refractivity contribution in [3.05, 3.63) is 176 Å². The van der Waals surface area contributed by atoms with Crippen LogP contribution in [0.2, 0.25) is 0 Å². The van der Waals surface area contributed by atoms with Gasteiger partial charge >= 0.3 is 0 Å². The number of para-hydroxylation sites is 1. The Bertz CT molecular complexity index is 2810. The fourth-order valence-corrected chi connectivity index (χ4v) is 8.30. The monoisotopic (exact) mass is 655 g/mol. The Morgan fingerprint density at radius 2 is 0.960 bits per heavy atom. The molecule has 0 unspecified atom stereocenters. The van der Waals surface area contributed by atoms with E-state index in [4.69, 9.17) is 9.97 Å². The van der Waals surface area contributed by atoms with E-state index in [0.29, 0.717) is 5.82 Å². The Hall–Kier alpha value is -6.36. The van der Waals surface area contributed by atoms with Gasteiger partial charge in [0.15, 0.2) is 5.82 Å². The van der Waals surface area contributed by atoms with E-state index in [9.17, 15) is 0 Å². The highest BCUT2D eigenvalue weighted by atomic mass is 32.1. The minimum absolute atomic E-state index is 0.713. The second-order valence-corrected chi connectivity index (χ2v) is 13.7. The zero-order valence-corrected chi connectivity index (χ0v) is 27.8. The maximum Gasteiger partial charge on any atom is 0.160 e. The molecule has 7 aromatic carbocycles. The normalized spacial score (nSPS) is 11.6. The number of fused-ring (bicyclic) bond motifs is 6. The summed E-state index contributed by atoms with van der Waals surface area (Å²) in [5.74, 6) is 0.713. The minimum Gasteiger partial charge on any atom is -0.309 e. The first-order valence-electron chi connectivity index (χ1n) is 16.8. The molecule has 50 heavy (non-hydrogen) atoms. The van der Waals surface area contributed by atoms with Crippen molar-refractivity contribution in [1.29, 1.82) is 0 Å². The van der Waals surface area contributed by atoms with Crippen LogP contribution in [0.4, 0.5) is 0 Å². The lowest BCUT2D eigenvalue weighted by atomic mass is 10.0. The molecule has 0 saturated heterocycles. The summed E-state index contributed by atoms with van der Waals surface area (Å²) in [6.45, 7) is 0. The molecule has 10 rings (SSSR count). The van der Waals surface area contributed by atoms with Crippen LogP contribution in [-0.4, -0.2) is 14.5 Å². The van der Waals surface area contributed by atoms with Gasteiger partial charge in [0.2, 0.25) is 0 Å². The largest absolute Gasteiger partial charge is 0.309 e. The molecule has 0 amide bonds. The molecule has 234 valence electrons. The summed E-state index contributed by atoms with van der Waals surface area (Å²) in [6, 6.07) is 62.6. The molecule has 10 aromatic rings. The molecule has 0 atom stereocenters. The number of nitrogens with zero attached hydrogens (tertiary/aromatic N) is 3. The molecule has 0 aliphatic rings. The van der Waals surface area contributed by atoms with Gasteiger partial charge in [-0.25, -0.2) is 9.97 Å². The summed E-state index contributed by atoms with van der Waals surface area (Å²) in [5.41, 5.74) is 10.8. The summed E-state index contributed by atoms with van der Waals surface area (Å²) < 4.78 is 5.03. The number of benzene rings is 7. The van der Waals surface area contributed by atoms with E-state index < -0.39 is 0 Å². The molecular formula is C46H29N3S. The number of thiophene rings is 1. The Labute approximate surface area is 293 Å². The molecule has 0 aliphatic carbocycles. The lowest BCUT2D eigenvalue weighted by molar-refractivity contribution is 1.16. The second-order valence-electron chi connectivity index (χ2n) is 12.6. The van der Waals surface area contributed by atoms with Gasteiger partial charge in [-0.05, 0) is 65.7 Å². The third-order valence-electron chi connectivity index (χ3n) is 9.61. The maximum absolute atomic E-state index is 5.11. The van der Waals surface area contributed by atoms with Crippen LogP contribution < -0.4 is 0 Å². The van der Waals surface area contributed by atoms with Crippen molar-refractivity contribution in [3.8, 4) is 50.7 Å². The fraction of sp³-hybridized carbons (Fsp3) is 0. The van der Waals surface area contributed by atoms with Crippen molar-refractivity contribution >= 4 is 53.3 Å². The van der Waals surface area contributed by atoms with Crippen molar-refractivity contribution in [3.63, 3.8) is 0 Å². The summed E-state index contributed by atoms with van der Waals surface area (Å²) in [5, 5.41) is 5.11. The van der Waals surface area contributed by atoms with Crippen LogP contribution in [0, 0.1) is 0 Å². The SMILES string of the molecule is c1ccc(-c2cc(-c3cccc(-n4c5ccccc5c5cc(-c6ccc7sc8ccccc8c7c6)ccc54)c3)nc(-c3ccccc3)n2)cc1. The van der Waals surface area contributed by atoms with Crippen molar-refractivity contribution in [2.45, 2.75) is 0 Å². The van der Waals surface area contributed by atoms with Crippen LogP contribution >= 0.6 is 11.3 Å². The van der Waals surface area contributed by atoms with Crippen LogP contribution in [0.15, 0.2) is 176 Å². The maximum atomic E-state index is 5.11. The first-order valence-corrected chi connectivity index (χ1v) is 17.6. The topological polar surface area (TPSA) is 30.7 Å². The number of hydrogen-bond donors (Lipinski definition) is 0. The van der Waals surface area contributed by atoms with Gasteiger partial charge in [-0.1, -0.05) is 121 Å². The van der Waals surface area contributed by atoms with Gasteiger partial charge in [0.1, 0.15) is 0 Å². The van der Waals surface area contributed by atoms with Crippen LogP contribution in [0.3, 0.4) is 0 Å². The van der Waals surface area contributed by atoms with Crippen molar-refractivity contribution < 1.29 is 0 Å². The predicted molar refractivity (Wildman–Crippen MR) is 211 cm³/mol. The summed E-state index contributed by atoms with van der Waals surface area (Å²) in [6.07, 6.45) is 0. The number of aromatic nitrogens is 3. The molecule has 3 nitrogen and oxygen atoms in total. The van der Waals surface area contributed by atoms with Gasteiger partial charge in [0, 0.05) is 53.3 Å². The predicted octanol–water partition coefficient (Wildman–Crippen LogP) is 12.6. The Morgan fingerprint density at radius 3 is 1.78 bits per heavy atom. The molecule has 0 bridgehead atoms. The first-order chi connectivity index (χ1) is 24.8. The molecule has 0 spiro atoms. The standard InChI is InChI=1S/C46H29N3S/c1-3-12-30(13-4-1)40-29-41(48-46(47-40)31-14-5-2-6-15-31)34-16-11-17-35(26-34)49-42-20-9-7-18-36(42)38-27-32(22-24-43(38)49)33-23-25-45-39(28-33)37-19-8-10-21-44(37)50-45/h1-29H. The van der Waals surface area contributed by atoms with E-state index in [0.717, 1.165) is 33.8 Å². The summed E-state index contributed by atoms with van der Waals surface area (Å²) >= 11 is 1.86. The molecule has 0 radical (unpaired) electrons. The highest BCUT2D eigenvalue weighted by Gasteiger charge is 2.16. The van der Waals surface area contributed by atoms with E-state index in [-0.39, 0.29) is 0 Å². The Kier molecular flexibility index (Phi) is 6.68. The molecule has 3 heterocycles. The molecule has 3 aromatic heterocycles. The third-order valence-corrected chi connectivity index (χ3v) is 10.8. The highest BCUT2D eigenvalue weighted by Crippen LogP contribution is 2.39. The molecule has 0 aliphatic heterocycles. The number of hydrogen-bond acceptors (Lipinski definition) is 3. The quantitative estimate of drug-likeness (QED) is 0.185. The Balaban J connectivity index is 1.12. The average molecular weight is 656 g/mol. The van der Waals surface area contributed by atoms with Crippen LogP contribution in [0.1, 0.15) is 0 Å². The fourth-order valence-electron chi connectivity index (χ4n) is 7.21. The zero-order chi connectivity index (χ0) is 33.0. The summed E-state index contributed by atoms with van der Waals surface area (Å²) in [7, 11) is 0. The van der Waals surface area contributed by atoms with E-state index in [1.165, 1.54) is 53.1 Å². The van der Waals surface area contributed by atoms with Gasteiger partial charge in [0.05, 0.1) is 22.4 Å². The molecular weight excluding hydrogens is 627 g/mol. The van der Waals surface area contributed by atoms with E-state index in [1.54, 1.807) is 0 Å². The lowest BCUT2D eigenvalue weighted by Crippen LogP contribution is -1.97. The molecule has 0 saturated carbocycles. The van der Waals surface area contributed by atoms with E-state index >= 15 is 0 Å². The van der Waals surface area contributed by atoms with Crippen molar-refractivity contribution in [2.24, 2.45) is 0 Å². The number of rotatable bonds is 5. The zero-order valence-electron chi connectivity index (χ0n) is 27.0. The van der Waals surface area contributed by atoms with Crippen molar-refractivity contribution in [2.75, 3.05) is 0 Å². The Morgan fingerprint density at radius 1 is 0.360 bits per heavy atom. The molecule has 0 N–H and O–H groups in total. The first kappa shape index (κ1) is 28.6. The molecule has 4 heteroatoms. The van der Waals surface area contributed by atoms with E-state index in [1.807, 2.05) is 35.6 Å². The van der Waals surface area contributed by atoms with Gasteiger partial charge in [0.25, 0.3) is 0 Å². The van der Waals surface area contributed by atoms with Crippen LogP contribution in [0.25, 0.3) is 92.7 Å². The van der Waals surface area contributed by atoms with Crippen LogP contribution in [0.5, 0.6) is 0 Å². The van der Waals surface area contributed by atoms with Gasteiger partial charge in [-0.2, -0.15) is 0 Å². The second kappa shape index (κ2) is 11.7. The molecule has 0 fully saturated rings. The van der Waals surface area contributed by atoms with E-state index in [2.05, 4.69) is 156 Å². The minimum atomic E-state index is 0.713. The van der Waals surface area contributed by atoms with Crippen molar-refractivity contribution in [1.82, 2.24) is 14.5 Å². The van der Waals surface area contributed by atoms with Gasteiger partial charge in [-0.15, -0.1) is 11.3 Å². The van der Waals surface area contributed by atoms with Gasteiger partial charge < -0.3 is 4.57 Å². The average Bonchev–Trinajstić information content (AvgIpc) is 3.73. The van der Waals surface area contributed by atoms with Gasteiger partial charge in [-0.3, -0.25) is 0 Å². The van der Waals surface area contributed by atoms with Crippen LogP contribution in [-0.2, 0) is 0 Å².